The fraction of sp³-hybridized carbons (Fsp3) is 0.550. The summed E-state index contributed by atoms with van der Waals surface area (Å²) >= 11 is 1.65. The Bertz CT molecular complexity index is 773. The lowest BCUT2D eigenvalue weighted by molar-refractivity contribution is -0.161. The van der Waals surface area contributed by atoms with E-state index >= 15 is 0 Å². The molecule has 2 aliphatic carbocycles. The quantitative estimate of drug-likeness (QED) is 0.787. The number of rotatable bonds is 6. The number of amides is 1. The van der Waals surface area contributed by atoms with Gasteiger partial charge in [0, 0.05) is 12.5 Å². The van der Waals surface area contributed by atoms with Crippen LogP contribution in [0.15, 0.2) is 24.3 Å². The molecule has 6 heteroatoms. The number of ether oxygens (including phenoxy) is 1. The van der Waals surface area contributed by atoms with Gasteiger partial charge in [-0.2, -0.15) is 0 Å². The molecule has 1 N–H and O–H groups in total. The van der Waals surface area contributed by atoms with Crippen LogP contribution in [0.3, 0.4) is 0 Å². The first-order chi connectivity index (χ1) is 12.6. The predicted octanol–water partition coefficient (Wildman–Crippen LogP) is 3.61. The molecular formula is C20H24N2O3S. The van der Waals surface area contributed by atoms with E-state index in [4.69, 9.17) is 9.72 Å². The Morgan fingerprint density at radius 1 is 1.19 bits per heavy atom. The summed E-state index contributed by atoms with van der Waals surface area (Å²) in [6.45, 7) is -0.170. The number of hydrogen-bond donors (Lipinski definition) is 1. The molecule has 0 radical (unpaired) electrons. The fourth-order valence-electron chi connectivity index (χ4n) is 3.75. The predicted molar refractivity (Wildman–Crippen MR) is 101 cm³/mol. The van der Waals surface area contributed by atoms with E-state index in [9.17, 15) is 9.59 Å². The minimum Gasteiger partial charge on any atom is -0.455 e. The molecule has 138 valence electrons. The SMILES string of the molecule is O=C(COC(=O)C1(Cc2nc3ccccc3s2)CCCCC1)NC1CC1. The highest BCUT2D eigenvalue weighted by atomic mass is 32.1. The van der Waals surface area contributed by atoms with E-state index < -0.39 is 5.41 Å². The molecule has 2 aliphatic rings. The van der Waals surface area contributed by atoms with Crippen LogP contribution in [0.4, 0.5) is 0 Å². The van der Waals surface area contributed by atoms with E-state index in [0.29, 0.717) is 6.42 Å². The van der Waals surface area contributed by atoms with Gasteiger partial charge in [-0.15, -0.1) is 11.3 Å². The van der Waals surface area contributed by atoms with Crippen molar-refractivity contribution in [2.24, 2.45) is 5.41 Å². The fourth-order valence-corrected chi connectivity index (χ4v) is 4.86. The van der Waals surface area contributed by atoms with Crippen LogP contribution in [-0.2, 0) is 20.7 Å². The molecule has 0 aliphatic heterocycles. The first-order valence-electron chi connectivity index (χ1n) is 9.46. The third-order valence-corrected chi connectivity index (χ3v) is 6.38. The Hall–Kier alpha value is -1.95. The highest BCUT2D eigenvalue weighted by Crippen LogP contribution is 2.41. The molecule has 0 spiro atoms. The van der Waals surface area contributed by atoms with Gasteiger partial charge in [-0.1, -0.05) is 31.4 Å². The van der Waals surface area contributed by atoms with Gasteiger partial charge in [-0.05, 0) is 37.8 Å². The number of nitrogens with one attached hydrogen (secondary N) is 1. The van der Waals surface area contributed by atoms with Crippen molar-refractivity contribution in [2.75, 3.05) is 6.61 Å². The summed E-state index contributed by atoms with van der Waals surface area (Å²) in [7, 11) is 0. The Balaban J connectivity index is 1.46. The summed E-state index contributed by atoms with van der Waals surface area (Å²) in [5.74, 6) is -0.422. The van der Waals surface area contributed by atoms with E-state index in [0.717, 1.165) is 60.2 Å². The summed E-state index contributed by atoms with van der Waals surface area (Å²) in [4.78, 5) is 29.5. The maximum Gasteiger partial charge on any atom is 0.313 e. The molecule has 0 saturated heterocycles. The first kappa shape index (κ1) is 17.5. The van der Waals surface area contributed by atoms with E-state index in [-0.39, 0.29) is 24.5 Å². The molecule has 1 heterocycles. The molecule has 5 nitrogen and oxygen atoms in total. The lowest BCUT2D eigenvalue weighted by atomic mass is 9.72. The number of carbonyl (C=O) groups is 2. The molecule has 0 atom stereocenters. The highest BCUT2D eigenvalue weighted by molar-refractivity contribution is 7.18. The standard InChI is InChI=1S/C20H24N2O3S/c23-17(21-14-8-9-14)13-25-19(24)20(10-4-1-5-11-20)12-18-22-15-6-2-3-7-16(15)26-18/h2-3,6-7,14H,1,4-5,8-13H2,(H,21,23). The van der Waals surface area contributed by atoms with Crippen LogP contribution >= 0.6 is 11.3 Å². The smallest absolute Gasteiger partial charge is 0.313 e. The van der Waals surface area contributed by atoms with Gasteiger partial charge >= 0.3 is 5.97 Å². The van der Waals surface area contributed by atoms with Gasteiger partial charge in [0.1, 0.15) is 0 Å². The van der Waals surface area contributed by atoms with Crippen molar-refractivity contribution in [3.63, 3.8) is 0 Å². The van der Waals surface area contributed by atoms with Gasteiger partial charge in [-0.25, -0.2) is 4.98 Å². The zero-order valence-electron chi connectivity index (χ0n) is 14.8. The highest BCUT2D eigenvalue weighted by Gasteiger charge is 2.42. The van der Waals surface area contributed by atoms with Crippen molar-refractivity contribution in [2.45, 2.75) is 57.4 Å². The Labute approximate surface area is 157 Å². The second-order valence-electron chi connectivity index (χ2n) is 7.51. The van der Waals surface area contributed by atoms with Crippen molar-refractivity contribution >= 4 is 33.4 Å². The van der Waals surface area contributed by atoms with Crippen LogP contribution in [0.1, 0.15) is 50.0 Å². The van der Waals surface area contributed by atoms with Gasteiger partial charge < -0.3 is 10.1 Å². The van der Waals surface area contributed by atoms with Crippen LogP contribution in [0, 0.1) is 5.41 Å². The minimum absolute atomic E-state index is 0.170. The lowest BCUT2D eigenvalue weighted by Gasteiger charge is -2.34. The van der Waals surface area contributed by atoms with E-state index in [1.165, 1.54) is 0 Å². The number of carbonyl (C=O) groups excluding carboxylic acids is 2. The summed E-state index contributed by atoms with van der Waals surface area (Å²) in [5, 5.41) is 3.84. The summed E-state index contributed by atoms with van der Waals surface area (Å²) in [6, 6.07) is 8.34. The number of thiazole rings is 1. The average molecular weight is 372 g/mol. The van der Waals surface area contributed by atoms with Gasteiger partial charge in [0.25, 0.3) is 5.91 Å². The molecule has 0 unspecified atom stereocenters. The maximum absolute atomic E-state index is 12.9. The third kappa shape index (κ3) is 3.90. The zero-order valence-corrected chi connectivity index (χ0v) is 15.6. The van der Waals surface area contributed by atoms with Crippen LogP contribution in [0.5, 0.6) is 0 Å². The zero-order chi connectivity index (χ0) is 18.0. The second kappa shape index (κ2) is 7.35. The molecule has 0 bridgehead atoms. The lowest BCUT2D eigenvalue weighted by Crippen LogP contribution is -2.39. The van der Waals surface area contributed by atoms with Crippen LogP contribution in [0.25, 0.3) is 10.2 Å². The molecule has 2 fully saturated rings. The van der Waals surface area contributed by atoms with Crippen molar-refractivity contribution in [1.82, 2.24) is 10.3 Å². The topological polar surface area (TPSA) is 68.3 Å². The van der Waals surface area contributed by atoms with Gasteiger partial charge in [0.2, 0.25) is 0 Å². The van der Waals surface area contributed by atoms with E-state index in [1.54, 1.807) is 11.3 Å². The Kier molecular flexibility index (Phi) is 4.94. The van der Waals surface area contributed by atoms with Crippen LogP contribution in [0.2, 0.25) is 0 Å². The van der Waals surface area contributed by atoms with Gasteiger partial charge in [0.15, 0.2) is 6.61 Å². The molecule has 2 aromatic rings. The Morgan fingerprint density at radius 3 is 2.69 bits per heavy atom. The Morgan fingerprint density at radius 2 is 1.96 bits per heavy atom. The molecular weight excluding hydrogens is 348 g/mol. The third-order valence-electron chi connectivity index (χ3n) is 5.35. The summed E-state index contributed by atoms with van der Waals surface area (Å²) in [5.41, 5.74) is 0.446. The number of nitrogens with zero attached hydrogens (tertiary/aromatic N) is 1. The first-order valence-corrected chi connectivity index (χ1v) is 10.3. The second-order valence-corrected chi connectivity index (χ2v) is 8.63. The maximum atomic E-state index is 12.9. The number of hydrogen-bond acceptors (Lipinski definition) is 5. The number of fused-ring (bicyclic) bond motifs is 1. The molecule has 4 rings (SSSR count). The average Bonchev–Trinajstić information content (AvgIpc) is 3.36. The van der Waals surface area contributed by atoms with Crippen molar-refractivity contribution in [3.8, 4) is 0 Å². The summed E-state index contributed by atoms with van der Waals surface area (Å²) in [6.07, 6.45) is 7.48. The van der Waals surface area contributed by atoms with E-state index in [2.05, 4.69) is 11.4 Å². The monoisotopic (exact) mass is 372 g/mol. The molecule has 1 aromatic carbocycles. The van der Waals surface area contributed by atoms with Crippen LogP contribution < -0.4 is 5.32 Å². The van der Waals surface area contributed by atoms with E-state index in [1.807, 2.05) is 18.2 Å². The van der Waals surface area contributed by atoms with Crippen molar-refractivity contribution in [1.29, 1.82) is 0 Å². The number of aromatic nitrogens is 1. The van der Waals surface area contributed by atoms with Crippen LogP contribution in [-0.4, -0.2) is 29.5 Å². The summed E-state index contributed by atoms with van der Waals surface area (Å²) < 4.78 is 6.59. The normalized spacial score (nSPS) is 19.2. The minimum atomic E-state index is -0.536. The van der Waals surface area contributed by atoms with Crippen molar-refractivity contribution < 1.29 is 14.3 Å². The molecule has 2 saturated carbocycles. The molecule has 26 heavy (non-hydrogen) atoms. The largest absolute Gasteiger partial charge is 0.455 e. The number of esters is 1. The number of benzene rings is 1. The van der Waals surface area contributed by atoms with Gasteiger partial charge in [0.05, 0.1) is 20.6 Å². The molecule has 1 aromatic heterocycles. The van der Waals surface area contributed by atoms with Gasteiger partial charge in [-0.3, -0.25) is 9.59 Å². The van der Waals surface area contributed by atoms with Crippen molar-refractivity contribution in [3.05, 3.63) is 29.3 Å². The number of para-hydroxylation sites is 1. The molecule has 1 amide bonds.